The highest BCUT2D eigenvalue weighted by Crippen LogP contribution is 2.39. The first-order valence-electron chi connectivity index (χ1n) is 14.9. The van der Waals surface area contributed by atoms with Gasteiger partial charge in [0.1, 0.15) is 17.8 Å². The number of rotatable bonds is 5. The fourth-order valence-corrected chi connectivity index (χ4v) is 6.41. The zero-order valence-electron chi connectivity index (χ0n) is 24.7. The van der Waals surface area contributed by atoms with E-state index in [0.29, 0.717) is 13.1 Å². The molecule has 0 saturated carbocycles. The molecule has 4 heterocycles. The normalized spacial score (nSPS) is 18.4. The van der Waals surface area contributed by atoms with Gasteiger partial charge in [0.2, 0.25) is 0 Å². The van der Waals surface area contributed by atoms with Crippen LogP contribution in [0.5, 0.6) is 0 Å². The summed E-state index contributed by atoms with van der Waals surface area (Å²) in [6, 6.07) is 12.8. The van der Waals surface area contributed by atoms with E-state index in [-0.39, 0.29) is 10.8 Å². The van der Waals surface area contributed by atoms with Gasteiger partial charge in [0, 0.05) is 43.2 Å². The van der Waals surface area contributed by atoms with Crippen molar-refractivity contribution in [2.45, 2.75) is 48.9 Å². The molecule has 2 aliphatic rings. The molecule has 7 nitrogen and oxygen atoms in total. The summed E-state index contributed by atoms with van der Waals surface area (Å²) in [6.45, 7) is 4.05. The summed E-state index contributed by atoms with van der Waals surface area (Å²) >= 11 is 0. The van der Waals surface area contributed by atoms with Gasteiger partial charge in [-0.2, -0.15) is 26.3 Å². The highest BCUT2D eigenvalue weighted by atomic mass is 19.4. The van der Waals surface area contributed by atoms with Crippen molar-refractivity contribution in [3.8, 4) is 0 Å². The smallest absolute Gasteiger partial charge is 0.356 e. The molecule has 2 saturated heterocycles. The molecule has 2 fully saturated rings. The lowest BCUT2D eigenvalue weighted by Crippen LogP contribution is -2.47. The highest BCUT2D eigenvalue weighted by molar-refractivity contribution is 5.87. The molecule has 2 aromatic carbocycles. The predicted octanol–water partition coefficient (Wildman–Crippen LogP) is 5.76. The molecule has 0 spiro atoms. The van der Waals surface area contributed by atoms with Crippen LogP contribution in [-0.2, 0) is 23.2 Å². The van der Waals surface area contributed by atoms with E-state index in [2.05, 4.69) is 25.2 Å². The van der Waals surface area contributed by atoms with Gasteiger partial charge >= 0.3 is 12.4 Å². The van der Waals surface area contributed by atoms with Crippen molar-refractivity contribution < 1.29 is 26.3 Å². The Balaban J connectivity index is 0.000000194. The molecule has 0 aliphatic carbocycles. The molecule has 6 rings (SSSR count). The maximum atomic E-state index is 12.8. The van der Waals surface area contributed by atoms with Crippen molar-refractivity contribution in [1.82, 2.24) is 20.3 Å². The Labute approximate surface area is 257 Å². The first-order chi connectivity index (χ1) is 21.4. The number of anilines is 1. The van der Waals surface area contributed by atoms with Gasteiger partial charge < -0.3 is 26.7 Å². The molecule has 4 aromatic rings. The van der Waals surface area contributed by atoms with Crippen LogP contribution in [0.15, 0.2) is 67.1 Å². The van der Waals surface area contributed by atoms with E-state index < -0.39 is 23.5 Å². The number of aromatic amines is 1. The van der Waals surface area contributed by atoms with Gasteiger partial charge in [0.05, 0.1) is 16.5 Å². The zero-order valence-corrected chi connectivity index (χ0v) is 24.7. The van der Waals surface area contributed by atoms with Crippen molar-refractivity contribution in [2.75, 3.05) is 44.2 Å². The Bertz CT molecular complexity index is 1530. The molecular weight excluding hydrogens is 596 g/mol. The van der Waals surface area contributed by atoms with Crippen LogP contribution in [-0.4, -0.2) is 54.2 Å². The molecule has 0 amide bonds. The number of hydrogen-bond donors (Lipinski definition) is 4. The summed E-state index contributed by atoms with van der Waals surface area (Å²) in [5, 5.41) is 4.21. The van der Waals surface area contributed by atoms with E-state index in [1.54, 1.807) is 24.3 Å². The molecule has 45 heavy (non-hydrogen) atoms. The first kappa shape index (κ1) is 32.7. The van der Waals surface area contributed by atoms with Crippen molar-refractivity contribution >= 4 is 16.9 Å². The monoisotopic (exact) mass is 633 g/mol. The van der Waals surface area contributed by atoms with Gasteiger partial charge in [-0.25, -0.2) is 9.97 Å². The fraction of sp³-hybridized carbons (Fsp3) is 0.438. The summed E-state index contributed by atoms with van der Waals surface area (Å²) in [5.41, 5.74) is 12.8. The van der Waals surface area contributed by atoms with Crippen LogP contribution in [0.1, 0.15) is 47.9 Å². The average molecular weight is 634 g/mol. The van der Waals surface area contributed by atoms with E-state index in [1.165, 1.54) is 6.33 Å². The van der Waals surface area contributed by atoms with Crippen LogP contribution in [0.3, 0.4) is 0 Å². The third kappa shape index (κ3) is 6.95. The molecule has 2 aromatic heterocycles. The standard InChI is InChI=1S/C19H20F3N5.C13H17F3N2/c20-19(21,22)14-3-1-13(2-4-14)18(11-23)6-9-27(10-7-18)17-15-5-8-24-16(15)25-12-26-17;14-13(15,16)11-3-1-10(2-4-11)12(9-17)5-7-18-8-6-12/h1-5,8,12H,6-7,9-11,23H2,(H,24,25,26);1-4,18H,5-9,17H2. The van der Waals surface area contributed by atoms with Crippen LogP contribution < -0.4 is 21.7 Å². The quantitative estimate of drug-likeness (QED) is 0.208. The number of aromatic nitrogens is 3. The van der Waals surface area contributed by atoms with Gasteiger partial charge in [-0.1, -0.05) is 24.3 Å². The maximum absolute atomic E-state index is 12.8. The second-order valence-corrected chi connectivity index (χ2v) is 11.8. The third-order valence-corrected chi connectivity index (χ3v) is 9.34. The number of piperidine rings is 2. The van der Waals surface area contributed by atoms with Crippen molar-refractivity contribution in [2.24, 2.45) is 11.5 Å². The molecule has 0 radical (unpaired) electrons. The van der Waals surface area contributed by atoms with E-state index in [9.17, 15) is 26.3 Å². The van der Waals surface area contributed by atoms with Crippen LogP contribution >= 0.6 is 0 Å². The molecular formula is C32H37F6N7. The van der Waals surface area contributed by atoms with Crippen molar-refractivity contribution in [1.29, 1.82) is 0 Å². The van der Waals surface area contributed by atoms with Crippen LogP contribution in [0, 0.1) is 0 Å². The largest absolute Gasteiger partial charge is 0.416 e. The molecule has 6 N–H and O–H groups in total. The maximum Gasteiger partial charge on any atom is 0.416 e. The van der Waals surface area contributed by atoms with Crippen molar-refractivity contribution in [3.05, 3.63) is 89.4 Å². The number of hydrogen-bond acceptors (Lipinski definition) is 6. The van der Waals surface area contributed by atoms with Gasteiger partial charge in [0.15, 0.2) is 0 Å². The topological polar surface area (TPSA) is 109 Å². The minimum atomic E-state index is -4.33. The SMILES string of the molecule is NCC1(c2ccc(C(F)(F)F)cc2)CCN(c2ncnc3[nH]ccc23)CC1.NCC1(c2ccc(C(F)(F)F)cc2)CCNCC1. The number of nitrogens with one attached hydrogen (secondary N) is 2. The number of halogens is 6. The number of benzene rings is 2. The number of H-pyrrole nitrogens is 1. The first-order valence-corrected chi connectivity index (χ1v) is 14.9. The lowest BCUT2D eigenvalue weighted by molar-refractivity contribution is -0.138. The predicted molar refractivity (Wildman–Crippen MR) is 162 cm³/mol. The number of nitrogens with two attached hydrogens (primary N) is 2. The van der Waals surface area contributed by atoms with E-state index >= 15 is 0 Å². The Morgan fingerprint density at radius 1 is 0.689 bits per heavy atom. The Morgan fingerprint density at radius 3 is 1.64 bits per heavy atom. The minimum Gasteiger partial charge on any atom is -0.356 e. The molecule has 0 atom stereocenters. The van der Waals surface area contributed by atoms with Gasteiger partial charge in [-0.05, 0) is 80.2 Å². The highest BCUT2D eigenvalue weighted by Gasteiger charge is 2.38. The number of nitrogens with zero attached hydrogens (tertiary/aromatic N) is 3. The lowest BCUT2D eigenvalue weighted by Gasteiger charge is -2.42. The van der Waals surface area contributed by atoms with Crippen molar-refractivity contribution in [3.63, 3.8) is 0 Å². The van der Waals surface area contributed by atoms with Gasteiger partial charge in [-0.15, -0.1) is 0 Å². The summed E-state index contributed by atoms with van der Waals surface area (Å²) < 4.78 is 76.0. The lowest BCUT2D eigenvalue weighted by atomic mass is 9.72. The summed E-state index contributed by atoms with van der Waals surface area (Å²) in [7, 11) is 0. The molecule has 0 bridgehead atoms. The minimum absolute atomic E-state index is 0.171. The van der Waals surface area contributed by atoms with E-state index in [1.807, 2.05) is 12.3 Å². The fourth-order valence-electron chi connectivity index (χ4n) is 6.41. The van der Waals surface area contributed by atoms with Crippen LogP contribution in [0.4, 0.5) is 32.2 Å². The summed E-state index contributed by atoms with van der Waals surface area (Å²) in [6.07, 6.45) is -1.98. The molecule has 2 aliphatic heterocycles. The number of alkyl halides is 6. The molecule has 0 unspecified atom stereocenters. The second kappa shape index (κ2) is 13.0. The van der Waals surface area contributed by atoms with Gasteiger partial charge in [-0.3, -0.25) is 0 Å². The third-order valence-electron chi connectivity index (χ3n) is 9.34. The molecule has 13 heteroatoms. The number of fused-ring (bicyclic) bond motifs is 1. The van der Waals surface area contributed by atoms with Gasteiger partial charge in [0.25, 0.3) is 0 Å². The molecule has 242 valence electrons. The Kier molecular flexibility index (Phi) is 9.43. The van der Waals surface area contributed by atoms with Crippen LogP contribution in [0.25, 0.3) is 11.0 Å². The average Bonchev–Trinajstić information content (AvgIpc) is 3.54. The Morgan fingerprint density at radius 2 is 1.18 bits per heavy atom. The summed E-state index contributed by atoms with van der Waals surface area (Å²) in [4.78, 5) is 13.9. The summed E-state index contributed by atoms with van der Waals surface area (Å²) in [5.74, 6) is 0.874. The van der Waals surface area contributed by atoms with E-state index in [0.717, 1.165) is 104 Å². The van der Waals surface area contributed by atoms with Crippen LogP contribution in [0.2, 0.25) is 0 Å². The zero-order chi connectivity index (χ0) is 32.3. The second-order valence-electron chi connectivity index (χ2n) is 11.8. The Hall–Kier alpha value is -3.68. The van der Waals surface area contributed by atoms with E-state index in [4.69, 9.17) is 11.5 Å².